The van der Waals surface area contributed by atoms with Crippen molar-refractivity contribution >= 4 is 0 Å². The van der Waals surface area contributed by atoms with Gasteiger partial charge in [0.25, 0.3) is 0 Å². The van der Waals surface area contributed by atoms with Crippen LogP contribution in [0.15, 0.2) is 16.7 Å². The molecule has 0 aliphatic heterocycles. The van der Waals surface area contributed by atoms with Gasteiger partial charge in [-0.25, -0.2) is 0 Å². The minimum Gasteiger partial charge on any atom is -0.468 e. The highest BCUT2D eigenvalue weighted by Gasteiger charge is 2.14. The van der Waals surface area contributed by atoms with Crippen molar-refractivity contribution < 1.29 is 4.42 Å². The summed E-state index contributed by atoms with van der Waals surface area (Å²) in [6, 6.07) is 2.11. The van der Waals surface area contributed by atoms with Gasteiger partial charge in [0.15, 0.2) is 0 Å². The molecule has 0 unspecified atom stereocenters. The second kappa shape index (κ2) is 7.71. The van der Waals surface area contributed by atoms with Crippen molar-refractivity contribution in [1.29, 1.82) is 0 Å². The third kappa shape index (κ3) is 6.26. The van der Waals surface area contributed by atoms with Crippen molar-refractivity contribution in [2.75, 3.05) is 13.1 Å². The summed E-state index contributed by atoms with van der Waals surface area (Å²) >= 11 is 0. The number of furan rings is 1. The van der Waals surface area contributed by atoms with Crippen LogP contribution in [0.25, 0.3) is 0 Å². The zero-order chi connectivity index (χ0) is 14.3. The van der Waals surface area contributed by atoms with Crippen molar-refractivity contribution in [2.45, 2.75) is 66.1 Å². The standard InChI is InChI=1S/C16H30N2O/c1-6-9-18(10-7-2)13-14-8-11-19-15(14)12-17-16(3,4)5/h8,11,17H,6-7,9-10,12-13H2,1-5H3. The van der Waals surface area contributed by atoms with E-state index >= 15 is 0 Å². The number of rotatable bonds is 8. The zero-order valence-electron chi connectivity index (χ0n) is 13.3. The SMILES string of the molecule is CCCN(CCC)Cc1ccoc1CNC(C)(C)C. The van der Waals surface area contributed by atoms with E-state index in [2.05, 4.69) is 50.9 Å². The van der Waals surface area contributed by atoms with E-state index in [0.717, 1.165) is 31.9 Å². The third-order valence-electron chi connectivity index (χ3n) is 3.09. The smallest absolute Gasteiger partial charge is 0.122 e. The number of nitrogens with one attached hydrogen (secondary N) is 1. The van der Waals surface area contributed by atoms with Crippen LogP contribution < -0.4 is 5.32 Å². The van der Waals surface area contributed by atoms with Crippen LogP contribution in [-0.2, 0) is 13.1 Å². The zero-order valence-corrected chi connectivity index (χ0v) is 13.3. The molecule has 0 amide bonds. The lowest BCUT2D eigenvalue weighted by Crippen LogP contribution is -2.35. The second-order valence-electron chi connectivity index (χ2n) is 6.25. The molecule has 0 radical (unpaired) electrons. The first-order chi connectivity index (χ1) is 8.96. The Balaban J connectivity index is 2.60. The molecule has 1 N–H and O–H groups in total. The minimum absolute atomic E-state index is 0.122. The number of hydrogen-bond acceptors (Lipinski definition) is 3. The van der Waals surface area contributed by atoms with Crippen LogP contribution in [0.5, 0.6) is 0 Å². The van der Waals surface area contributed by atoms with Crippen molar-refractivity contribution in [3.8, 4) is 0 Å². The highest BCUT2D eigenvalue weighted by Crippen LogP contribution is 2.15. The summed E-state index contributed by atoms with van der Waals surface area (Å²) in [6.45, 7) is 15.1. The summed E-state index contributed by atoms with van der Waals surface area (Å²) in [5, 5.41) is 3.49. The first-order valence-electron chi connectivity index (χ1n) is 7.49. The van der Waals surface area contributed by atoms with E-state index in [4.69, 9.17) is 4.42 Å². The molecule has 0 bridgehead atoms. The fourth-order valence-corrected chi connectivity index (χ4v) is 2.15. The highest BCUT2D eigenvalue weighted by atomic mass is 16.3. The van der Waals surface area contributed by atoms with Crippen molar-refractivity contribution in [2.24, 2.45) is 0 Å². The Hall–Kier alpha value is -0.800. The summed E-state index contributed by atoms with van der Waals surface area (Å²) in [4.78, 5) is 2.51. The molecule has 1 heterocycles. The van der Waals surface area contributed by atoms with Crippen molar-refractivity contribution in [3.05, 3.63) is 23.7 Å². The highest BCUT2D eigenvalue weighted by molar-refractivity contribution is 5.17. The quantitative estimate of drug-likeness (QED) is 0.776. The topological polar surface area (TPSA) is 28.4 Å². The molecule has 3 heteroatoms. The average molecular weight is 266 g/mol. The van der Waals surface area contributed by atoms with Crippen LogP contribution in [0.2, 0.25) is 0 Å². The van der Waals surface area contributed by atoms with Gasteiger partial charge in [-0.2, -0.15) is 0 Å². The molecule has 0 aliphatic rings. The van der Waals surface area contributed by atoms with Gasteiger partial charge >= 0.3 is 0 Å². The normalized spacial score (nSPS) is 12.3. The van der Waals surface area contributed by atoms with E-state index in [9.17, 15) is 0 Å². The van der Waals surface area contributed by atoms with Crippen LogP contribution in [0.4, 0.5) is 0 Å². The lowest BCUT2D eigenvalue weighted by molar-refractivity contribution is 0.263. The van der Waals surface area contributed by atoms with Crippen LogP contribution >= 0.6 is 0 Å². The Kier molecular flexibility index (Phi) is 6.59. The van der Waals surface area contributed by atoms with Gasteiger partial charge in [0.1, 0.15) is 5.76 Å². The summed E-state index contributed by atoms with van der Waals surface area (Å²) in [7, 11) is 0. The minimum atomic E-state index is 0.122. The maximum Gasteiger partial charge on any atom is 0.122 e. The number of hydrogen-bond donors (Lipinski definition) is 1. The van der Waals surface area contributed by atoms with Crippen LogP contribution in [-0.4, -0.2) is 23.5 Å². The molecule has 1 rings (SSSR count). The van der Waals surface area contributed by atoms with E-state index in [0.29, 0.717) is 0 Å². The van der Waals surface area contributed by atoms with Gasteiger partial charge in [-0.1, -0.05) is 13.8 Å². The molecule has 110 valence electrons. The average Bonchev–Trinajstić information content (AvgIpc) is 2.73. The molecular weight excluding hydrogens is 236 g/mol. The van der Waals surface area contributed by atoms with Gasteiger partial charge in [-0.3, -0.25) is 4.90 Å². The predicted octanol–water partition coefficient (Wildman–Crippen LogP) is 3.79. The van der Waals surface area contributed by atoms with E-state index in [1.165, 1.54) is 18.4 Å². The molecule has 0 fully saturated rings. The van der Waals surface area contributed by atoms with Gasteiger partial charge in [0, 0.05) is 17.6 Å². The molecule has 1 aromatic rings. The molecule has 0 atom stereocenters. The predicted molar refractivity (Wildman–Crippen MR) is 81.2 cm³/mol. The third-order valence-corrected chi connectivity index (χ3v) is 3.09. The van der Waals surface area contributed by atoms with Crippen LogP contribution in [0, 0.1) is 0 Å². The maximum absolute atomic E-state index is 5.63. The largest absolute Gasteiger partial charge is 0.468 e. The summed E-state index contributed by atoms with van der Waals surface area (Å²) in [6.07, 6.45) is 4.21. The van der Waals surface area contributed by atoms with Gasteiger partial charge in [0.05, 0.1) is 12.8 Å². The molecule has 0 saturated carbocycles. The lowest BCUT2D eigenvalue weighted by Gasteiger charge is -2.22. The summed E-state index contributed by atoms with van der Waals surface area (Å²) < 4.78 is 5.63. The lowest BCUT2D eigenvalue weighted by atomic mass is 10.1. The fraction of sp³-hybridized carbons (Fsp3) is 0.750. The van der Waals surface area contributed by atoms with Gasteiger partial charge < -0.3 is 9.73 Å². The Bertz CT molecular complexity index is 346. The summed E-state index contributed by atoms with van der Waals surface area (Å²) in [5.41, 5.74) is 1.44. The first kappa shape index (κ1) is 16.3. The van der Waals surface area contributed by atoms with Gasteiger partial charge in [-0.05, 0) is 52.8 Å². The van der Waals surface area contributed by atoms with E-state index in [1.807, 2.05) is 6.26 Å². The monoisotopic (exact) mass is 266 g/mol. The molecule has 1 aromatic heterocycles. The Labute approximate surface area is 118 Å². The molecular formula is C16H30N2O. The second-order valence-corrected chi connectivity index (χ2v) is 6.25. The van der Waals surface area contributed by atoms with E-state index in [1.54, 1.807) is 0 Å². The molecule has 19 heavy (non-hydrogen) atoms. The van der Waals surface area contributed by atoms with Crippen molar-refractivity contribution in [1.82, 2.24) is 10.2 Å². The molecule has 3 nitrogen and oxygen atoms in total. The van der Waals surface area contributed by atoms with Crippen molar-refractivity contribution in [3.63, 3.8) is 0 Å². The van der Waals surface area contributed by atoms with Gasteiger partial charge in [-0.15, -0.1) is 0 Å². The number of nitrogens with zero attached hydrogens (tertiary/aromatic N) is 1. The Morgan fingerprint density at radius 1 is 1.16 bits per heavy atom. The molecule has 0 saturated heterocycles. The molecule has 0 spiro atoms. The van der Waals surface area contributed by atoms with Crippen LogP contribution in [0.3, 0.4) is 0 Å². The Morgan fingerprint density at radius 3 is 2.32 bits per heavy atom. The fourth-order valence-electron chi connectivity index (χ4n) is 2.15. The maximum atomic E-state index is 5.63. The van der Waals surface area contributed by atoms with Crippen LogP contribution in [0.1, 0.15) is 58.8 Å². The van der Waals surface area contributed by atoms with E-state index in [-0.39, 0.29) is 5.54 Å². The molecule has 0 aliphatic carbocycles. The summed E-state index contributed by atoms with van der Waals surface area (Å²) in [5.74, 6) is 1.08. The van der Waals surface area contributed by atoms with Gasteiger partial charge in [0.2, 0.25) is 0 Å². The Morgan fingerprint density at radius 2 is 1.79 bits per heavy atom. The first-order valence-corrected chi connectivity index (χ1v) is 7.49. The molecule has 0 aromatic carbocycles. The van der Waals surface area contributed by atoms with E-state index < -0.39 is 0 Å².